The number of halogens is 1. The highest BCUT2D eigenvalue weighted by Gasteiger charge is 2.54. The maximum absolute atomic E-state index is 13.0. The van der Waals surface area contributed by atoms with Crippen molar-refractivity contribution in [1.82, 2.24) is 25.4 Å². The van der Waals surface area contributed by atoms with Gasteiger partial charge in [-0.1, -0.05) is 22.9 Å². The van der Waals surface area contributed by atoms with Crippen molar-refractivity contribution in [3.05, 3.63) is 37.9 Å². The summed E-state index contributed by atoms with van der Waals surface area (Å²) < 4.78 is 0.0366. The Morgan fingerprint density at radius 1 is 1.32 bits per heavy atom. The molecule has 1 aromatic heterocycles. The number of nitrogens with two attached hydrogens (primary N) is 1. The van der Waals surface area contributed by atoms with Crippen LogP contribution in [-0.2, 0) is 19.2 Å². The number of hydrogen-bond donors (Lipinski definition) is 4. The number of rotatable bonds is 7. The molecule has 3 fully saturated rings. The van der Waals surface area contributed by atoms with Crippen molar-refractivity contribution in [3.8, 4) is 0 Å². The highest BCUT2D eigenvalue weighted by molar-refractivity contribution is 7.19. The summed E-state index contributed by atoms with van der Waals surface area (Å²) in [5, 5.41) is 18.5. The van der Waals surface area contributed by atoms with E-state index in [4.69, 9.17) is 17.3 Å². The minimum Gasteiger partial charge on any atom is -0.477 e. The number of likely N-dealkylation sites (tertiary alicyclic amines) is 1. The van der Waals surface area contributed by atoms with Crippen molar-refractivity contribution < 1.29 is 24.3 Å². The molecule has 4 aliphatic heterocycles. The number of amides is 3. The molecule has 0 aromatic carbocycles. The second kappa shape index (κ2) is 9.84. The van der Waals surface area contributed by atoms with E-state index >= 15 is 0 Å². The molecule has 13 nitrogen and oxygen atoms in total. The van der Waals surface area contributed by atoms with E-state index in [1.165, 1.54) is 0 Å². The van der Waals surface area contributed by atoms with Gasteiger partial charge in [0.1, 0.15) is 21.8 Å². The standard InChI is InChI=1S/C22H24ClN7O6S/c23-17-14(27-22(24)37-17)15(28-36)18(31)26-13-12-2-1-9(16(21(34)35)30(12)20(13)33)7-10-4-6-29(19(10)32)11-3-5-25-8-11/h7,11-13,15,25H,1-6,8H2,(H2,24,27)(H,26,31)(H,34,35)/t11-,12?,13+,15?/m1/s1. The van der Waals surface area contributed by atoms with Crippen molar-refractivity contribution in [1.29, 1.82) is 0 Å². The number of carbonyl (C=O) groups excluding carboxylic acids is 3. The van der Waals surface area contributed by atoms with Gasteiger partial charge in [-0.05, 0) is 49.1 Å². The van der Waals surface area contributed by atoms with E-state index in [-0.39, 0.29) is 32.8 Å². The Bertz CT molecular complexity index is 1260. The molecule has 3 amide bonds. The predicted octanol–water partition coefficient (Wildman–Crippen LogP) is 0.535. The highest BCUT2D eigenvalue weighted by Crippen LogP contribution is 2.39. The lowest BCUT2D eigenvalue weighted by Crippen LogP contribution is -2.71. The molecule has 0 spiro atoms. The summed E-state index contributed by atoms with van der Waals surface area (Å²) in [6.07, 6.45) is 3.65. The Balaban J connectivity index is 1.33. The Hall–Kier alpha value is -3.36. The number of carbonyl (C=O) groups is 4. The van der Waals surface area contributed by atoms with Crippen molar-refractivity contribution in [2.45, 2.75) is 49.9 Å². The maximum Gasteiger partial charge on any atom is 0.352 e. The van der Waals surface area contributed by atoms with Crippen LogP contribution in [0.5, 0.6) is 0 Å². The smallest absolute Gasteiger partial charge is 0.352 e. The number of aliphatic carboxylic acids is 1. The largest absolute Gasteiger partial charge is 0.477 e. The number of anilines is 1. The minimum atomic E-state index is -1.60. The average molecular weight is 550 g/mol. The molecule has 196 valence electrons. The number of aromatic nitrogens is 1. The summed E-state index contributed by atoms with van der Waals surface area (Å²) in [5.41, 5.74) is 6.19. The summed E-state index contributed by atoms with van der Waals surface area (Å²) in [6, 6.07) is -3.13. The first-order chi connectivity index (χ1) is 17.7. The van der Waals surface area contributed by atoms with Crippen LogP contribution in [-0.4, -0.2) is 81.3 Å². The van der Waals surface area contributed by atoms with Crippen LogP contribution >= 0.6 is 22.9 Å². The van der Waals surface area contributed by atoms with Gasteiger partial charge < -0.3 is 26.4 Å². The Labute approximate surface area is 219 Å². The summed E-state index contributed by atoms with van der Waals surface area (Å²) in [5.74, 6) is -2.92. The number of nitrogen functional groups attached to an aromatic ring is 1. The molecular weight excluding hydrogens is 526 g/mol. The van der Waals surface area contributed by atoms with Gasteiger partial charge >= 0.3 is 5.97 Å². The van der Waals surface area contributed by atoms with E-state index < -0.39 is 35.9 Å². The van der Waals surface area contributed by atoms with Crippen molar-refractivity contribution in [2.24, 2.45) is 5.18 Å². The fourth-order valence-corrected chi connectivity index (χ4v) is 6.39. The molecule has 4 aliphatic rings. The predicted molar refractivity (Wildman–Crippen MR) is 132 cm³/mol. The molecule has 0 saturated carbocycles. The van der Waals surface area contributed by atoms with Crippen LogP contribution in [0.15, 0.2) is 28.1 Å². The van der Waals surface area contributed by atoms with E-state index in [2.05, 4.69) is 20.8 Å². The molecule has 0 radical (unpaired) electrons. The number of nitrogens with one attached hydrogen (secondary N) is 2. The zero-order chi connectivity index (χ0) is 26.4. The molecule has 5 rings (SSSR count). The zero-order valence-corrected chi connectivity index (χ0v) is 21.0. The molecule has 37 heavy (non-hydrogen) atoms. The Kier molecular flexibility index (Phi) is 6.72. The van der Waals surface area contributed by atoms with Gasteiger partial charge in [-0.3, -0.25) is 19.3 Å². The number of β-lactam (4-membered cyclic amide) rings is 1. The van der Waals surface area contributed by atoms with Crippen LogP contribution < -0.4 is 16.4 Å². The van der Waals surface area contributed by atoms with Gasteiger partial charge in [0.2, 0.25) is 11.9 Å². The fraction of sp³-hybridized carbons (Fsp3) is 0.500. The topological polar surface area (TPSA) is 187 Å². The summed E-state index contributed by atoms with van der Waals surface area (Å²) >= 11 is 6.88. The molecule has 2 unspecified atom stereocenters. The minimum absolute atomic E-state index is 0.0366. The normalized spacial score (nSPS) is 27.4. The third kappa shape index (κ3) is 4.38. The number of carboxylic acids is 1. The van der Waals surface area contributed by atoms with Crippen molar-refractivity contribution >= 4 is 51.8 Å². The van der Waals surface area contributed by atoms with Crippen LogP contribution in [0.25, 0.3) is 0 Å². The van der Waals surface area contributed by atoms with Gasteiger partial charge in [-0.25, -0.2) is 9.78 Å². The Morgan fingerprint density at radius 2 is 2.11 bits per heavy atom. The molecule has 4 atom stereocenters. The number of hydrogen-bond acceptors (Lipinski definition) is 10. The average Bonchev–Trinajstić information content (AvgIpc) is 3.59. The lowest BCUT2D eigenvalue weighted by atomic mass is 9.82. The van der Waals surface area contributed by atoms with E-state index in [0.717, 1.165) is 35.7 Å². The Morgan fingerprint density at radius 3 is 2.73 bits per heavy atom. The molecule has 5 heterocycles. The third-order valence-electron chi connectivity index (χ3n) is 7.19. The molecular formula is C22H24ClN7O6S. The number of thiazole rings is 1. The van der Waals surface area contributed by atoms with Gasteiger partial charge in [-0.15, -0.1) is 4.91 Å². The first kappa shape index (κ1) is 25.3. The van der Waals surface area contributed by atoms with Gasteiger partial charge in [0.25, 0.3) is 11.8 Å². The summed E-state index contributed by atoms with van der Waals surface area (Å²) in [6.45, 7) is 2.17. The van der Waals surface area contributed by atoms with E-state index in [1.54, 1.807) is 6.08 Å². The summed E-state index contributed by atoms with van der Waals surface area (Å²) in [7, 11) is 0. The van der Waals surface area contributed by atoms with Gasteiger partial charge in [0, 0.05) is 24.7 Å². The number of fused-ring (bicyclic) bond motifs is 1. The van der Waals surface area contributed by atoms with Crippen LogP contribution in [0.2, 0.25) is 4.34 Å². The number of allylic oxidation sites excluding steroid dienone is 2. The monoisotopic (exact) mass is 549 g/mol. The molecule has 15 heteroatoms. The summed E-state index contributed by atoms with van der Waals surface area (Å²) in [4.78, 5) is 69.1. The van der Waals surface area contributed by atoms with Crippen LogP contribution in [0.3, 0.4) is 0 Å². The molecule has 3 saturated heterocycles. The van der Waals surface area contributed by atoms with Gasteiger partial charge in [0.15, 0.2) is 5.13 Å². The van der Waals surface area contributed by atoms with Gasteiger partial charge in [0.05, 0.1) is 6.04 Å². The fourth-order valence-electron chi connectivity index (χ4n) is 5.42. The number of carboxylic acid groups (broad SMARTS) is 1. The SMILES string of the molecule is Nc1nc(C(N=O)C(=O)N[C@@H]2C(=O)N3C(C(=O)O)=C(C=C4CCN([C@@H]5CCNC5)C4=O)CCC23)c(Cl)s1. The van der Waals surface area contributed by atoms with Crippen LogP contribution in [0, 0.1) is 4.91 Å². The maximum atomic E-state index is 13.0. The van der Waals surface area contributed by atoms with Crippen molar-refractivity contribution in [3.63, 3.8) is 0 Å². The van der Waals surface area contributed by atoms with E-state index in [1.807, 2.05) is 4.90 Å². The number of nitroso groups, excluding NO2 is 1. The van der Waals surface area contributed by atoms with Crippen LogP contribution in [0.1, 0.15) is 37.4 Å². The number of nitrogens with zero attached hydrogens (tertiary/aromatic N) is 4. The molecule has 5 N–H and O–H groups in total. The van der Waals surface area contributed by atoms with Crippen molar-refractivity contribution in [2.75, 3.05) is 25.4 Å². The first-order valence-electron chi connectivity index (χ1n) is 11.8. The zero-order valence-electron chi connectivity index (χ0n) is 19.5. The second-order valence-electron chi connectivity index (χ2n) is 9.26. The van der Waals surface area contributed by atoms with Crippen LogP contribution in [0.4, 0.5) is 5.13 Å². The lowest BCUT2D eigenvalue weighted by molar-refractivity contribution is -0.156. The first-order valence-corrected chi connectivity index (χ1v) is 13.0. The molecule has 0 bridgehead atoms. The van der Waals surface area contributed by atoms with E-state index in [0.29, 0.717) is 37.0 Å². The second-order valence-corrected chi connectivity index (χ2v) is 10.9. The van der Waals surface area contributed by atoms with Gasteiger partial charge in [-0.2, -0.15) is 0 Å². The molecule has 0 aliphatic carbocycles. The highest BCUT2D eigenvalue weighted by atomic mass is 35.5. The van der Waals surface area contributed by atoms with E-state index in [9.17, 15) is 29.2 Å². The molecule has 1 aromatic rings. The lowest BCUT2D eigenvalue weighted by Gasteiger charge is -2.50. The quantitative estimate of drug-likeness (QED) is 0.214. The third-order valence-corrected chi connectivity index (χ3v) is 8.31.